The van der Waals surface area contributed by atoms with E-state index in [-0.39, 0.29) is 6.10 Å². The lowest BCUT2D eigenvalue weighted by molar-refractivity contribution is 0.0444. The second-order valence-electron chi connectivity index (χ2n) is 3.93. The third-order valence-corrected chi connectivity index (χ3v) is 2.76. The summed E-state index contributed by atoms with van der Waals surface area (Å²) in [6.45, 7) is 2.04. The number of likely N-dealkylation sites (tertiary alicyclic amines) is 1. The Morgan fingerprint density at radius 2 is 2.15 bits per heavy atom. The molecule has 1 unspecified atom stereocenters. The first-order valence-electron chi connectivity index (χ1n) is 4.96. The molecule has 0 radical (unpaired) electrons. The first-order chi connectivity index (χ1) is 6.25. The van der Waals surface area contributed by atoms with Gasteiger partial charge in [0.05, 0.1) is 0 Å². The fourth-order valence-corrected chi connectivity index (χ4v) is 2.00. The predicted molar refractivity (Wildman–Crippen MR) is 48.3 cm³/mol. The van der Waals surface area contributed by atoms with Gasteiger partial charge in [-0.3, -0.25) is 4.90 Å². The van der Waals surface area contributed by atoms with Crippen molar-refractivity contribution in [3.8, 4) is 0 Å². The van der Waals surface area contributed by atoms with Gasteiger partial charge >= 0.3 is 6.09 Å². The van der Waals surface area contributed by atoms with Gasteiger partial charge in [-0.15, -0.1) is 0 Å². The summed E-state index contributed by atoms with van der Waals surface area (Å²) in [5.74, 6) is 0. The molecule has 0 spiro atoms. The SMILES string of the molecule is NC(=O)OC1CCCN(C2CC2)C1. The minimum absolute atomic E-state index is 0.0341. The second kappa shape index (κ2) is 3.54. The summed E-state index contributed by atoms with van der Waals surface area (Å²) in [7, 11) is 0. The van der Waals surface area contributed by atoms with Crippen LogP contribution in [0.2, 0.25) is 0 Å². The van der Waals surface area contributed by atoms with E-state index in [1.165, 1.54) is 12.8 Å². The number of nitrogens with zero attached hydrogens (tertiary/aromatic N) is 1. The van der Waals surface area contributed by atoms with Gasteiger partial charge in [0.2, 0.25) is 0 Å². The van der Waals surface area contributed by atoms with E-state index in [9.17, 15) is 4.79 Å². The van der Waals surface area contributed by atoms with Crippen LogP contribution >= 0.6 is 0 Å². The lowest BCUT2D eigenvalue weighted by Gasteiger charge is -2.31. The van der Waals surface area contributed by atoms with Crippen LogP contribution in [0.5, 0.6) is 0 Å². The quantitative estimate of drug-likeness (QED) is 0.687. The molecule has 2 N–H and O–H groups in total. The van der Waals surface area contributed by atoms with Crippen LogP contribution in [0.3, 0.4) is 0 Å². The number of carbonyl (C=O) groups excluding carboxylic acids is 1. The van der Waals surface area contributed by atoms with Crippen LogP contribution in [0.4, 0.5) is 4.79 Å². The molecule has 74 valence electrons. The number of hydrogen-bond acceptors (Lipinski definition) is 3. The van der Waals surface area contributed by atoms with E-state index in [1.807, 2.05) is 0 Å². The van der Waals surface area contributed by atoms with Crippen molar-refractivity contribution in [1.29, 1.82) is 0 Å². The molecule has 1 saturated carbocycles. The van der Waals surface area contributed by atoms with Gasteiger partial charge in [-0.2, -0.15) is 0 Å². The molecule has 1 aliphatic carbocycles. The highest BCUT2D eigenvalue weighted by Crippen LogP contribution is 2.29. The van der Waals surface area contributed by atoms with Gasteiger partial charge in [-0.1, -0.05) is 0 Å². The van der Waals surface area contributed by atoms with Crippen LogP contribution in [0, 0.1) is 0 Å². The van der Waals surface area contributed by atoms with Crippen molar-refractivity contribution in [3.05, 3.63) is 0 Å². The molecule has 2 rings (SSSR count). The summed E-state index contributed by atoms with van der Waals surface area (Å²) in [6, 6.07) is 0.763. The molecule has 0 aromatic heterocycles. The largest absolute Gasteiger partial charge is 0.445 e. The van der Waals surface area contributed by atoms with Crippen molar-refractivity contribution < 1.29 is 9.53 Å². The molecule has 2 fully saturated rings. The number of nitrogens with two attached hydrogens (primary N) is 1. The number of amides is 1. The molecule has 1 heterocycles. The highest BCUT2D eigenvalue weighted by molar-refractivity contribution is 5.64. The Morgan fingerprint density at radius 3 is 2.77 bits per heavy atom. The first kappa shape index (κ1) is 8.81. The molecular formula is C9H16N2O2. The lowest BCUT2D eigenvalue weighted by atomic mass is 10.1. The zero-order valence-electron chi connectivity index (χ0n) is 7.74. The summed E-state index contributed by atoms with van der Waals surface area (Å²) in [4.78, 5) is 13.0. The Morgan fingerprint density at radius 1 is 1.38 bits per heavy atom. The molecule has 0 aromatic carbocycles. The molecule has 0 bridgehead atoms. The van der Waals surface area contributed by atoms with Gasteiger partial charge in [0, 0.05) is 12.6 Å². The molecule has 2 aliphatic rings. The monoisotopic (exact) mass is 184 g/mol. The van der Waals surface area contributed by atoms with Crippen LogP contribution in [0.1, 0.15) is 25.7 Å². The Balaban J connectivity index is 1.80. The average molecular weight is 184 g/mol. The minimum Gasteiger partial charge on any atom is -0.445 e. The van der Waals surface area contributed by atoms with Crippen molar-refractivity contribution in [2.45, 2.75) is 37.8 Å². The van der Waals surface area contributed by atoms with E-state index in [2.05, 4.69) is 4.90 Å². The Labute approximate surface area is 78.0 Å². The molecule has 4 heteroatoms. The molecule has 1 saturated heterocycles. The van der Waals surface area contributed by atoms with E-state index in [0.717, 1.165) is 32.0 Å². The minimum atomic E-state index is -0.636. The van der Waals surface area contributed by atoms with E-state index in [0.29, 0.717) is 0 Å². The number of hydrogen-bond donors (Lipinski definition) is 1. The Hall–Kier alpha value is -0.770. The lowest BCUT2D eigenvalue weighted by Crippen LogP contribution is -2.42. The topological polar surface area (TPSA) is 55.6 Å². The van der Waals surface area contributed by atoms with Gasteiger partial charge in [0.15, 0.2) is 0 Å². The highest BCUT2D eigenvalue weighted by Gasteiger charge is 2.33. The van der Waals surface area contributed by atoms with Crippen LogP contribution in [-0.2, 0) is 4.74 Å². The smallest absolute Gasteiger partial charge is 0.404 e. The predicted octanol–water partition coefficient (Wildman–Crippen LogP) is 0.708. The maximum absolute atomic E-state index is 10.5. The summed E-state index contributed by atoms with van der Waals surface area (Å²) in [5, 5.41) is 0. The van der Waals surface area contributed by atoms with E-state index < -0.39 is 6.09 Å². The normalized spacial score (nSPS) is 30.0. The van der Waals surface area contributed by atoms with Crippen molar-refractivity contribution in [2.24, 2.45) is 5.73 Å². The standard InChI is InChI=1S/C9H16N2O2/c10-9(12)13-8-2-1-5-11(6-8)7-3-4-7/h7-8H,1-6H2,(H2,10,12). The number of rotatable bonds is 2. The summed E-state index contributed by atoms with van der Waals surface area (Å²) in [6.07, 6.45) is 4.10. The van der Waals surface area contributed by atoms with Gasteiger partial charge in [0.25, 0.3) is 0 Å². The van der Waals surface area contributed by atoms with Crippen LogP contribution in [-0.4, -0.2) is 36.2 Å². The number of ether oxygens (including phenoxy) is 1. The molecule has 1 aliphatic heterocycles. The third kappa shape index (κ3) is 2.34. The Kier molecular flexibility index (Phi) is 2.40. The zero-order chi connectivity index (χ0) is 9.26. The molecule has 4 nitrogen and oxygen atoms in total. The number of piperidine rings is 1. The van der Waals surface area contributed by atoms with Crippen LogP contribution in [0.15, 0.2) is 0 Å². The van der Waals surface area contributed by atoms with Gasteiger partial charge in [-0.25, -0.2) is 4.79 Å². The second-order valence-corrected chi connectivity index (χ2v) is 3.93. The van der Waals surface area contributed by atoms with Crippen LogP contribution in [0.25, 0.3) is 0 Å². The van der Waals surface area contributed by atoms with Gasteiger partial charge < -0.3 is 10.5 Å². The molecule has 1 amide bonds. The maximum atomic E-state index is 10.5. The van der Waals surface area contributed by atoms with E-state index in [4.69, 9.17) is 10.5 Å². The summed E-state index contributed by atoms with van der Waals surface area (Å²) >= 11 is 0. The fraction of sp³-hybridized carbons (Fsp3) is 0.889. The van der Waals surface area contributed by atoms with Crippen LogP contribution < -0.4 is 5.73 Å². The van der Waals surface area contributed by atoms with Gasteiger partial charge in [0.1, 0.15) is 6.10 Å². The number of carbonyl (C=O) groups is 1. The molecule has 1 atom stereocenters. The van der Waals surface area contributed by atoms with E-state index >= 15 is 0 Å². The van der Waals surface area contributed by atoms with Crippen molar-refractivity contribution in [2.75, 3.05) is 13.1 Å². The summed E-state index contributed by atoms with van der Waals surface area (Å²) in [5.41, 5.74) is 4.98. The molecular weight excluding hydrogens is 168 g/mol. The Bertz CT molecular complexity index is 204. The first-order valence-corrected chi connectivity index (χ1v) is 4.96. The average Bonchev–Trinajstić information content (AvgIpc) is 2.85. The highest BCUT2D eigenvalue weighted by atomic mass is 16.6. The molecule has 0 aromatic rings. The van der Waals surface area contributed by atoms with Crippen molar-refractivity contribution in [3.63, 3.8) is 0 Å². The third-order valence-electron chi connectivity index (χ3n) is 2.76. The number of primary amides is 1. The van der Waals surface area contributed by atoms with Gasteiger partial charge in [-0.05, 0) is 32.2 Å². The fourth-order valence-electron chi connectivity index (χ4n) is 2.00. The van der Waals surface area contributed by atoms with Crippen molar-refractivity contribution >= 4 is 6.09 Å². The zero-order valence-corrected chi connectivity index (χ0v) is 7.74. The van der Waals surface area contributed by atoms with E-state index in [1.54, 1.807) is 0 Å². The molecule has 13 heavy (non-hydrogen) atoms. The summed E-state index contributed by atoms with van der Waals surface area (Å²) < 4.78 is 5.00. The van der Waals surface area contributed by atoms with Crippen molar-refractivity contribution in [1.82, 2.24) is 4.90 Å². The maximum Gasteiger partial charge on any atom is 0.404 e.